The Morgan fingerprint density at radius 3 is 2.25 bits per heavy atom. The van der Waals surface area contributed by atoms with E-state index in [2.05, 4.69) is 48.9 Å². The molecule has 7 aromatic rings. The smallest absolute Gasteiger partial charge is 0.134 e. The molecule has 0 N–H and O–H groups in total. The number of fused-ring (bicyclic) bond motifs is 3. The van der Waals surface area contributed by atoms with Crippen molar-refractivity contribution in [3.8, 4) is 33.6 Å². The zero-order chi connectivity index (χ0) is 29.8. The van der Waals surface area contributed by atoms with E-state index in [1.54, 1.807) is 12.3 Å². The fourth-order valence-electron chi connectivity index (χ4n) is 5.29. The van der Waals surface area contributed by atoms with Crippen LogP contribution in [0.5, 0.6) is 0 Å². The average Bonchev–Trinajstić information content (AvgIpc) is 3.42. The fourth-order valence-corrected chi connectivity index (χ4v) is 5.29. The molecule has 0 aliphatic rings. The maximum Gasteiger partial charge on any atom is 0.134 e. The molecule has 3 nitrogen and oxygen atoms in total. The molecule has 0 fully saturated rings. The summed E-state index contributed by atoms with van der Waals surface area (Å²) >= 11 is 0. The predicted octanol–water partition coefficient (Wildman–Crippen LogP) is 10.3. The Morgan fingerprint density at radius 2 is 1.55 bits per heavy atom. The van der Waals surface area contributed by atoms with E-state index in [1.807, 2.05) is 91.1 Å². The van der Waals surface area contributed by atoms with Crippen LogP contribution in [-0.4, -0.2) is 9.97 Å². The third kappa shape index (κ3) is 6.55. The number of nitrogens with zero attached hydrogens (tertiary/aromatic N) is 2. The molecule has 0 spiro atoms. The largest absolute Gasteiger partial charge is 0.500 e. The Balaban J connectivity index is 0.000000187. The normalized spacial score (nSPS) is 10.8. The summed E-state index contributed by atoms with van der Waals surface area (Å²) in [5, 5.41) is 1.81. The Bertz CT molecular complexity index is 1990. The molecule has 3 aromatic heterocycles. The molecule has 5 heteroatoms. The molecule has 4 aromatic carbocycles. The van der Waals surface area contributed by atoms with E-state index in [1.165, 1.54) is 17.2 Å². The van der Waals surface area contributed by atoms with Gasteiger partial charge in [0.2, 0.25) is 0 Å². The van der Waals surface area contributed by atoms with Crippen molar-refractivity contribution in [2.75, 3.05) is 0 Å². The SMILES string of the molecule is Cc1cc(-c2[c-]cccc2)ncc1CC(C)C.Fc1ccc2c(oc3c(-c4ccccn4)[c-]ccc32)c1-c1ccccc1.[Ir]. The van der Waals surface area contributed by atoms with Gasteiger partial charge >= 0.3 is 0 Å². The minimum atomic E-state index is -0.300. The van der Waals surface area contributed by atoms with Gasteiger partial charge in [0.05, 0.1) is 11.1 Å². The van der Waals surface area contributed by atoms with Crippen LogP contribution in [0.15, 0.2) is 120 Å². The first kappa shape index (κ1) is 31.0. The number of hydrogen-bond donors (Lipinski definition) is 0. The maximum absolute atomic E-state index is 14.7. The number of furan rings is 1. The minimum absolute atomic E-state index is 0. The standard InChI is InChI=1S/C23H13FNO.C16H18N.Ir/c24-19-13-12-17-16-9-6-10-18(20-11-4-5-14-25-20)22(16)26-23(17)21(19)15-7-2-1-3-8-15;1-12(2)9-15-11-17-16(10-13(15)3)14-7-5-4-6-8-14;/h1-9,11-14H;4-7,10-12H,9H2,1-3H3;/q2*-1;. The summed E-state index contributed by atoms with van der Waals surface area (Å²) in [6, 6.07) is 38.8. The van der Waals surface area contributed by atoms with Gasteiger partial charge in [-0.3, -0.25) is 0 Å². The number of hydrogen-bond acceptors (Lipinski definition) is 3. The summed E-state index contributed by atoms with van der Waals surface area (Å²) in [6.07, 6.45) is 4.84. The first-order chi connectivity index (χ1) is 21.0. The molecule has 221 valence electrons. The van der Waals surface area contributed by atoms with Crippen LogP contribution in [0, 0.1) is 30.8 Å². The molecule has 7 rings (SSSR count). The van der Waals surface area contributed by atoms with Gasteiger partial charge in [-0.05, 0) is 60.0 Å². The minimum Gasteiger partial charge on any atom is -0.500 e. The van der Waals surface area contributed by atoms with Crippen molar-refractivity contribution in [2.45, 2.75) is 27.2 Å². The Kier molecular flexibility index (Phi) is 9.79. The second-order valence-corrected chi connectivity index (χ2v) is 10.9. The zero-order valence-electron chi connectivity index (χ0n) is 24.8. The van der Waals surface area contributed by atoms with E-state index < -0.39 is 0 Å². The van der Waals surface area contributed by atoms with E-state index in [9.17, 15) is 4.39 Å². The van der Waals surface area contributed by atoms with Crippen LogP contribution in [0.1, 0.15) is 25.0 Å². The van der Waals surface area contributed by atoms with Crippen molar-refractivity contribution in [3.05, 3.63) is 145 Å². The number of halogens is 1. The van der Waals surface area contributed by atoms with Crippen LogP contribution in [0.4, 0.5) is 4.39 Å². The van der Waals surface area contributed by atoms with E-state index in [4.69, 9.17) is 4.42 Å². The molecule has 0 saturated carbocycles. The quantitative estimate of drug-likeness (QED) is 0.164. The average molecular weight is 755 g/mol. The summed E-state index contributed by atoms with van der Waals surface area (Å²) in [4.78, 5) is 8.93. The summed E-state index contributed by atoms with van der Waals surface area (Å²) in [5.41, 5.74) is 8.77. The van der Waals surface area contributed by atoms with Gasteiger partial charge in [0, 0.05) is 37.9 Å². The Morgan fingerprint density at radius 1 is 0.773 bits per heavy atom. The molecular formula is C39H31FIrN2O-2. The number of pyridine rings is 2. The molecule has 44 heavy (non-hydrogen) atoms. The number of rotatable bonds is 5. The monoisotopic (exact) mass is 755 g/mol. The van der Waals surface area contributed by atoms with E-state index in [0.717, 1.165) is 45.3 Å². The first-order valence-corrected chi connectivity index (χ1v) is 14.4. The Labute approximate surface area is 271 Å². The molecule has 0 amide bonds. The summed E-state index contributed by atoms with van der Waals surface area (Å²) in [5.74, 6) is 0.371. The number of benzene rings is 4. The molecule has 0 atom stereocenters. The van der Waals surface area contributed by atoms with Gasteiger partial charge in [0.1, 0.15) is 11.4 Å². The van der Waals surface area contributed by atoms with Gasteiger partial charge in [-0.25, -0.2) is 4.39 Å². The molecule has 0 bridgehead atoms. The van der Waals surface area contributed by atoms with Crippen LogP contribution in [0.25, 0.3) is 55.6 Å². The molecule has 0 aliphatic heterocycles. The maximum atomic E-state index is 14.7. The molecule has 1 radical (unpaired) electrons. The third-order valence-electron chi connectivity index (χ3n) is 7.37. The van der Waals surface area contributed by atoms with Crippen LogP contribution in [0.3, 0.4) is 0 Å². The summed E-state index contributed by atoms with van der Waals surface area (Å²) in [7, 11) is 0. The van der Waals surface area contributed by atoms with E-state index in [-0.39, 0.29) is 25.9 Å². The second kappa shape index (κ2) is 13.9. The van der Waals surface area contributed by atoms with Crippen molar-refractivity contribution in [1.29, 1.82) is 0 Å². The van der Waals surface area contributed by atoms with Gasteiger partial charge in [-0.15, -0.1) is 54.1 Å². The molecular weight excluding hydrogens is 724 g/mol. The van der Waals surface area contributed by atoms with Crippen molar-refractivity contribution >= 4 is 21.9 Å². The van der Waals surface area contributed by atoms with Gasteiger partial charge < -0.3 is 14.4 Å². The molecule has 0 saturated heterocycles. The second-order valence-electron chi connectivity index (χ2n) is 10.9. The number of aryl methyl sites for hydroxylation is 1. The van der Waals surface area contributed by atoms with Crippen molar-refractivity contribution < 1.29 is 28.9 Å². The summed E-state index contributed by atoms with van der Waals surface area (Å²) in [6.45, 7) is 6.63. The van der Waals surface area contributed by atoms with Crippen LogP contribution >= 0.6 is 0 Å². The van der Waals surface area contributed by atoms with Gasteiger partial charge in [-0.2, -0.15) is 0 Å². The topological polar surface area (TPSA) is 38.9 Å². The third-order valence-corrected chi connectivity index (χ3v) is 7.37. The van der Waals surface area contributed by atoms with E-state index >= 15 is 0 Å². The van der Waals surface area contributed by atoms with Crippen molar-refractivity contribution in [1.82, 2.24) is 9.97 Å². The van der Waals surface area contributed by atoms with Crippen molar-refractivity contribution in [2.24, 2.45) is 5.92 Å². The Hall–Kier alpha value is -4.44. The summed E-state index contributed by atoms with van der Waals surface area (Å²) < 4.78 is 20.9. The van der Waals surface area contributed by atoms with E-state index in [0.29, 0.717) is 22.6 Å². The number of aromatic nitrogens is 2. The molecule has 0 aliphatic carbocycles. The van der Waals surface area contributed by atoms with Crippen molar-refractivity contribution in [3.63, 3.8) is 0 Å². The van der Waals surface area contributed by atoms with Crippen LogP contribution < -0.4 is 0 Å². The molecule has 3 heterocycles. The fraction of sp³-hybridized carbons (Fsp3) is 0.128. The van der Waals surface area contributed by atoms with Crippen LogP contribution in [-0.2, 0) is 26.5 Å². The molecule has 0 unspecified atom stereocenters. The van der Waals surface area contributed by atoms with Gasteiger partial charge in [-0.1, -0.05) is 78.9 Å². The first-order valence-electron chi connectivity index (χ1n) is 14.4. The van der Waals surface area contributed by atoms with Crippen LogP contribution in [0.2, 0.25) is 0 Å². The zero-order valence-corrected chi connectivity index (χ0v) is 27.2. The van der Waals surface area contributed by atoms with Gasteiger partial charge in [0.15, 0.2) is 0 Å². The predicted molar refractivity (Wildman–Crippen MR) is 173 cm³/mol. The van der Waals surface area contributed by atoms with Gasteiger partial charge in [0.25, 0.3) is 0 Å².